The van der Waals surface area contributed by atoms with Crippen LogP contribution in [0, 0.1) is 5.82 Å². The zero-order valence-corrected chi connectivity index (χ0v) is 12.1. The number of rotatable bonds is 4. The van der Waals surface area contributed by atoms with Crippen LogP contribution in [0.15, 0.2) is 47.4 Å². The molecular weight excluding hydrogens is 279 g/mol. The summed E-state index contributed by atoms with van der Waals surface area (Å²) in [4.78, 5) is -0.00357. The number of para-hydroxylation sites is 1. The molecule has 0 N–H and O–H groups in total. The summed E-state index contributed by atoms with van der Waals surface area (Å²) in [6.45, 7) is 1.53. The molecular formula is C15H15FO3S. The first-order valence-corrected chi connectivity index (χ1v) is 7.80. The van der Waals surface area contributed by atoms with Gasteiger partial charge in [-0.1, -0.05) is 31.2 Å². The van der Waals surface area contributed by atoms with Gasteiger partial charge in [0.15, 0.2) is 9.84 Å². The van der Waals surface area contributed by atoms with Crippen LogP contribution in [0.5, 0.6) is 5.75 Å². The van der Waals surface area contributed by atoms with E-state index in [0.717, 1.165) is 6.07 Å². The molecule has 0 aliphatic heterocycles. The van der Waals surface area contributed by atoms with E-state index in [2.05, 4.69) is 0 Å². The van der Waals surface area contributed by atoms with Gasteiger partial charge in [-0.3, -0.25) is 0 Å². The predicted octanol–water partition coefficient (Wildman–Crippen LogP) is 3.29. The Balaban J connectivity index is 2.56. The van der Waals surface area contributed by atoms with Crippen LogP contribution >= 0.6 is 0 Å². The Labute approximate surface area is 117 Å². The third-order valence-corrected chi connectivity index (χ3v) is 4.81. The highest BCUT2D eigenvalue weighted by Crippen LogP contribution is 2.32. The van der Waals surface area contributed by atoms with Gasteiger partial charge in [0.05, 0.1) is 17.8 Å². The second-order valence-electron chi connectivity index (χ2n) is 4.25. The van der Waals surface area contributed by atoms with Crippen molar-refractivity contribution >= 4 is 9.84 Å². The Morgan fingerprint density at radius 3 is 2.40 bits per heavy atom. The van der Waals surface area contributed by atoms with Crippen molar-refractivity contribution in [1.29, 1.82) is 0 Å². The van der Waals surface area contributed by atoms with Crippen molar-refractivity contribution in [3.8, 4) is 16.9 Å². The Morgan fingerprint density at radius 2 is 1.80 bits per heavy atom. The van der Waals surface area contributed by atoms with Gasteiger partial charge < -0.3 is 4.74 Å². The zero-order chi connectivity index (χ0) is 14.8. The molecule has 2 rings (SSSR count). The molecule has 5 heteroatoms. The largest absolute Gasteiger partial charge is 0.496 e. The van der Waals surface area contributed by atoms with Crippen molar-refractivity contribution in [3.63, 3.8) is 0 Å². The van der Waals surface area contributed by atoms with E-state index in [9.17, 15) is 12.8 Å². The smallest absolute Gasteiger partial charge is 0.178 e. The lowest BCUT2D eigenvalue weighted by Gasteiger charge is -2.10. The molecule has 0 fully saturated rings. The number of benzene rings is 2. The minimum Gasteiger partial charge on any atom is -0.496 e. The maximum Gasteiger partial charge on any atom is 0.178 e. The van der Waals surface area contributed by atoms with Gasteiger partial charge in [0.25, 0.3) is 0 Å². The lowest BCUT2D eigenvalue weighted by atomic mass is 10.0. The summed E-state index contributed by atoms with van der Waals surface area (Å²) < 4.78 is 42.9. The van der Waals surface area contributed by atoms with E-state index in [4.69, 9.17) is 4.74 Å². The van der Waals surface area contributed by atoms with Crippen LogP contribution < -0.4 is 4.74 Å². The lowest BCUT2D eigenvalue weighted by Crippen LogP contribution is -2.04. The Hall–Kier alpha value is -1.88. The average molecular weight is 294 g/mol. The molecule has 0 saturated carbocycles. The standard InChI is InChI=1S/C15H15FO3S/c1-3-20(17,18)11-8-9-12(14(16)10-11)13-6-4-5-7-15(13)19-2/h4-10H,3H2,1-2H3. The summed E-state index contributed by atoms with van der Waals surface area (Å²) >= 11 is 0. The second-order valence-corrected chi connectivity index (χ2v) is 6.52. The summed E-state index contributed by atoms with van der Waals surface area (Å²) in [5.74, 6) is -0.0954. The zero-order valence-electron chi connectivity index (χ0n) is 11.3. The van der Waals surface area contributed by atoms with Crippen LogP contribution in [0.4, 0.5) is 4.39 Å². The monoisotopic (exact) mass is 294 g/mol. The fraction of sp³-hybridized carbons (Fsp3) is 0.200. The highest BCUT2D eigenvalue weighted by molar-refractivity contribution is 7.91. The maximum atomic E-state index is 14.2. The van der Waals surface area contributed by atoms with E-state index in [1.165, 1.54) is 26.2 Å². The Morgan fingerprint density at radius 1 is 1.10 bits per heavy atom. The highest BCUT2D eigenvalue weighted by atomic mass is 32.2. The van der Waals surface area contributed by atoms with Crippen LogP contribution in [-0.2, 0) is 9.84 Å². The van der Waals surface area contributed by atoms with Gasteiger partial charge in [-0.05, 0) is 18.2 Å². The summed E-state index contributed by atoms with van der Waals surface area (Å²) in [5, 5.41) is 0. The van der Waals surface area contributed by atoms with E-state index >= 15 is 0 Å². The molecule has 2 aromatic rings. The van der Waals surface area contributed by atoms with Crippen LogP contribution in [-0.4, -0.2) is 21.3 Å². The molecule has 0 aliphatic carbocycles. The molecule has 2 aromatic carbocycles. The fourth-order valence-corrected chi connectivity index (χ4v) is 2.83. The van der Waals surface area contributed by atoms with Gasteiger partial charge in [-0.25, -0.2) is 12.8 Å². The minimum absolute atomic E-state index is 0.00357. The third-order valence-electron chi connectivity index (χ3n) is 3.08. The van der Waals surface area contributed by atoms with Gasteiger partial charge >= 0.3 is 0 Å². The molecule has 0 atom stereocenters. The number of sulfone groups is 1. The molecule has 0 bridgehead atoms. The summed E-state index contributed by atoms with van der Waals surface area (Å²) in [6.07, 6.45) is 0. The number of hydrogen-bond donors (Lipinski definition) is 0. The van der Waals surface area contributed by atoms with Gasteiger partial charge in [0.1, 0.15) is 11.6 Å². The van der Waals surface area contributed by atoms with Crippen molar-refractivity contribution < 1.29 is 17.5 Å². The first kappa shape index (κ1) is 14.5. The number of halogens is 1. The second kappa shape index (κ2) is 5.63. The Kier molecular flexibility index (Phi) is 4.09. The van der Waals surface area contributed by atoms with Gasteiger partial charge in [0, 0.05) is 11.1 Å². The molecule has 20 heavy (non-hydrogen) atoms. The SMILES string of the molecule is CCS(=O)(=O)c1ccc(-c2ccccc2OC)c(F)c1. The molecule has 0 aliphatic rings. The summed E-state index contributed by atoms with van der Waals surface area (Å²) in [5.41, 5.74) is 0.908. The van der Waals surface area contributed by atoms with E-state index < -0.39 is 15.7 Å². The van der Waals surface area contributed by atoms with Crippen molar-refractivity contribution in [3.05, 3.63) is 48.3 Å². The summed E-state index contributed by atoms with van der Waals surface area (Å²) in [6, 6.07) is 11.0. The maximum absolute atomic E-state index is 14.2. The van der Waals surface area contributed by atoms with Crippen LogP contribution in [0.1, 0.15) is 6.92 Å². The van der Waals surface area contributed by atoms with E-state index in [-0.39, 0.29) is 10.6 Å². The van der Waals surface area contributed by atoms with Crippen molar-refractivity contribution in [2.75, 3.05) is 12.9 Å². The van der Waals surface area contributed by atoms with Crippen molar-refractivity contribution in [1.82, 2.24) is 0 Å². The molecule has 0 radical (unpaired) electrons. The normalized spacial score (nSPS) is 11.3. The quantitative estimate of drug-likeness (QED) is 0.869. The van der Waals surface area contributed by atoms with E-state index in [0.29, 0.717) is 16.9 Å². The number of methoxy groups -OCH3 is 1. The van der Waals surface area contributed by atoms with Crippen LogP contribution in [0.3, 0.4) is 0 Å². The molecule has 106 valence electrons. The predicted molar refractivity (Wildman–Crippen MR) is 76.1 cm³/mol. The highest BCUT2D eigenvalue weighted by Gasteiger charge is 2.16. The molecule has 0 saturated heterocycles. The topological polar surface area (TPSA) is 43.4 Å². The number of ether oxygens (including phenoxy) is 1. The molecule has 0 spiro atoms. The van der Waals surface area contributed by atoms with Crippen LogP contribution in [0.2, 0.25) is 0 Å². The first-order valence-electron chi connectivity index (χ1n) is 6.15. The van der Waals surface area contributed by atoms with E-state index in [1.807, 2.05) is 0 Å². The Bertz CT molecular complexity index is 724. The molecule has 0 unspecified atom stereocenters. The molecule has 0 aromatic heterocycles. The van der Waals surface area contributed by atoms with Gasteiger partial charge in [0.2, 0.25) is 0 Å². The van der Waals surface area contributed by atoms with Crippen molar-refractivity contribution in [2.24, 2.45) is 0 Å². The molecule has 0 heterocycles. The summed E-state index contributed by atoms with van der Waals surface area (Å²) in [7, 11) is -1.90. The van der Waals surface area contributed by atoms with Gasteiger partial charge in [-0.15, -0.1) is 0 Å². The van der Waals surface area contributed by atoms with Gasteiger partial charge in [-0.2, -0.15) is 0 Å². The van der Waals surface area contributed by atoms with Crippen molar-refractivity contribution in [2.45, 2.75) is 11.8 Å². The third kappa shape index (κ3) is 2.67. The van der Waals surface area contributed by atoms with E-state index in [1.54, 1.807) is 24.3 Å². The first-order chi connectivity index (χ1) is 9.49. The molecule has 3 nitrogen and oxygen atoms in total. The fourth-order valence-electron chi connectivity index (χ4n) is 1.94. The number of hydrogen-bond acceptors (Lipinski definition) is 3. The molecule has 0 amide bonds. The lowest BCUT2D eigenvalue weighted by molar-refractivity contribution is 0.416. The average Bonchev–Trinajstić information content (AvgIpc) is 2.47. The minimum atomic E-state index is -3.41. The van der Waals surface area contributed by atoms with Crippen LogP contribution in [0.25, 0.3) is 11.1 Å².